The normalized spacial score (nSPS) is 11.6. The van der Waals surface area contributed by atoms with E-state index in [1.54, 1.807) is 18.2 Å². The summed E-state index contributed by atoms with van der Waals surface area (Å²) in [5.74, 6) is -0.612. The van der Waals surface area contributed by atoms with Gasteiger partial charge in [-0.25, -0.2) is 4.79 Å². The molecule has 50 heavy (non-hydrogen) atoms. The van der Waals surface area contributed by atoms with Gasteiger partial charge in [0.25, 0.3) is 0 Å². The van der Waals surface area contributed by atoms with Gasteiger partial charge in [0, 0.05) is 12.3 Å². The van der Waals surface area contributed by atoms with Gasteiger partial charge in [0.2, 0.25) is 0 Å². The van der Waals surface area contributed by atoms with Gasteiger partial charge in [0.05, 0.1) is 76.3 Å². The van der Waals surface area contributed by atoms with Crippen molar-refractivity contribution in [2.45, 2.75) is 96.6 Å². The smallest absolute Gasteiger partial charge is 0.416 e. The SMILES string of the molecule is CCCCCCCCCCCCCCCOCCOCCOCCOCCOCCOC(=O)c1ccccc1Nc1cccc(C(F)(F)F)c1. The molecule has 0 aliphatic rings. The number of unbranched alkanes of at least 4 members (excludes halogenated alkanes) is 12. The van der Waals surface area contributed by atoms with Crippen LogP contribution in [0.2, 0.25) is 0 Å². The number of alkyl halides is 3. The van der Waals surface area contributed by atoms with Crippen molar-refractivity contribution in [3.63, 3.8) is 0 Å². The van der Waals surface area contributed by atoms with Gasteiger partial charge in [-0.2, -0.15) is 13.2 Å². The number of ether oxygens (including phenoxy) is 6. The van der Waals surface area contributed by atoms with Crippen LogP contribution in [-0.2, 0) is 34.6 Å². The number of carbonyl (C=O) groups is 1. The Balaban J connectivity index is 1.33. The van der Waals surface area contributed by atoms with E-state index in [1.807, 2.05) is 0 Å². The number of para-hydroxylation sites is 1. The summed E-state index contributed by atoms with van der Waals surface area (Å²) in [6, 6.07) is 11.2. The number of benzene rings is 2. The third-order valence-electron chi connectivity index (χ3n) is 7.96. The first-order valence-corrected chi connectivity index (χ1v) is 18.5. The van der Waals surface area contributed by atoms with E-state index in [0.29, 0.717) is 58.5 Å². The highest BCUT2D eigenvalue weighted by molar-refractivity contribution is 5.96. The van der Waals surface area contributed by atoms with E-state index in [0.717, 1.165) is 25.2 Å². The molecule has 0 radical (unpaired) electrons. The number of nitrogens with one attached hydrogen (secondary N) is 1. The Kier molecular flexibility index (Phi) is 25.2. The second kappa shape index (κ2) is 28.9. The van der Waals surface area contributed by atoms with Crippen LogP contribution in [0, 0.1) is 0 Å². The standard InChI is InChI=1S/C39H60F3NO7/c1-2-3-4-5-6-7-8-9-10-11-12-13-16-22-45-23-24-46-25-26-47-27-28-48-29-30-49-31-32-50-38(44)36-20-14-15-21-37(36)43-35-19-17-18-34(33-35)39(40,41)42/h14-15,17-21,33,43H,2-13,16,22-32H2,1H3. The Labute approximate surface area is 297 Å². The highest BCUT2D eigenvalue weighted by Gasteiger charge is 2.30. The molecule has 0 unspecified atom stereocenters. The molecular formula is C39H60F3NO7. The molecule has 0 saturated carbocycles. The molecule has 0 atom stereocenters. The summed E-state index contributed by atoms with van der Waals surface area (Å²) in [6.07, 6.45) is 13.0. The molecule has 0 spiro atoms. The summed E-state index contributed by atoms with van der Waals surface area (Å²) in [7, 11) is 0. The lowest BCUT2D eigenvalue weighted by Crippen LogP contribution is -2.15. The molecule has 0 amide bonds. The molecule has 0 saturated heterocycles. The van der Waals surface area contributed by atoms with E-state index in [1.165, 1.54) is 95.2 Å². The highest BCUT2D eigenvalue weighted by Crippen LogP contribution is 2.32. The molecule has 11 heteroatoms. The van der Waals surface area contributed by atoms with Crippen LogP contribution in [0.15, 0.2) is 48.5 Å². The van der Waals surface area contributed by atoms with Gasteiger partial charge in [-0.05, 0) is 36.8 Å². The van der Waals surface area contributed by atoms with Gasteiger partial charge in [0.1, 0.15) is 6.61 Å². The van der Waals surface area contributed by atoms with Gasteiger partial charge < -0.3 is 33.7 Å². The van der Waals surface area contributed by atoms with Crippen LogP contribution < -0.4 is 5.32 Å². The van der Waals surface area contributed by atoms with Crippen LogP contribution in [0.3, 0.4) is 0 Å². The summed E-state index contributed by atoms with van der Waals surface area (Å²) < 4.78 is 72.0. The van der Waals surface area contributed by atoms with Crippen molar-refractivity contribution in [1.29, 1.82) is 0 Å². The minimum absolute atomic E-state index is 0.0182. The number of esters is 1. The zero-order chi connectivity index (χ0) is 36.0. The largest absolute Gasteiger partial charge is 0.460 e. The zero-order valence-corrected chi connectivity index (χ0v) is 30.1. The molecular weight excluding hydrogens is 651 g/mol. The highest BCUT2D eigenvalue weighted by atomic mass is 19.4. The summed E-state index contributed by atoms with van der Waals surface area (Å²) in [5, 5.41) is 2.87. The molecule has 284 valence electrons. The molecule has 0 heterocycles. The van der Waals surface area contributed by atoms with E-state index >= 15 is 0 Å². The fourth-order valence-electron chi connectivity index (χ4n) is 5.17. The van der Waals surface area contributed by atoms with E-state index in [4.69, 9.17) is 28.4 Å². The number of carbonyl (C=O) groups excluding carboxylic acids is 1. The van der Waals surface area contributed by atoms with Crippen LogP contribution in [0.4, 0.5) is 24.5 Å². The summed E-state index contributed by atoms with van der Waals surface area (Å²) in [6.45, 7) is 7.00. The van der Waals surface area contributed by atoms with Gasteiger partial charge >= 0.3 is 12.1 Å². The molecule has 0 aliphatic carbocycles. The van der Waals surface area contributed by atoms with Crippen LogP contribution in [0.1, 0.15) is 106 Å². The number of halogens is 3. The lowest BCUT2D eigenvalue weighted by molar-refractivity contribution is -0.137. The molecule has 2 aromatic carbocycles. The van der Waals surface area contributed by atoms with Crippen LogP contribution in [-0.4, -0.2) is 78.6 Å². The quantitative estimate of drug-likeness (QED) is 0.0593. The van der Waals surface area contributed by atoms with Gasteiger partial charge in [-0.1, -0.05) is 102 Å². The lowest BCUT2D eigenvalue weighted by atomic mass is 10.0. The van der Waals surface area contributed by atoms with Gasteiger partial charge in [0.15, 0.2) is 0 Å². The molecule has 1 N–H and O–H groups in total. The van der Waals surface area contributed by atoms with Crippen LogP contribution >= 0.6 is 0 Å². The van der Waals surface area contributed by atoms with Crippen LogP contribution in [0.25, 0.3) is 0 Å². The first-order chi connectivity index (χ1) is 24.4. The van der Waals surface area contributed by atoms with Crippen molar-refractivity contribution in [2.75, 3.05) is 78.0 Å². The summed E-state index contributed by atoms with van der Waals surface area (Å²) >= 11 is 0. The van der Waals surface area contributed by atoms with E-state index in [2.05, 4.69) is 12.2 Å². The minimum atomic E-state index is -4.47. The van der Waals surface area contributed by atoms with Crippen molar-refractivity contribution in [1.82, 2.24) is 0 Å². The maximum absolute atomic E-state index is 13.0. The molecule has 0 bridgehead atoms. The van der Waals surface area contributed by atoms with E-state index < -0.39 is 17.7 Å². The predicted molar refractivity (Wildman–Crippen MR) is 191 cm³/mol. The molecule has 0 aliphatic heterocycles. The Hall–Kier alpha value is -2.70. The average Bonchev–Trinajstić information content (AvgIpc) is 3.11. The van der Waals surface area contributed by atoms with Crippen molar-refractivity contribution in [3.8, 4) is 0 Å². The molecule has 2 rings (SSSR count). The summed E-state index contributed by atoms with van der Waals surface area (Å²) in [5.41, 5.74) is -0.0395. The van der Waals surface area contributed by atoms with Crippen molar-refractivity contribution >= 4 is 17.3 Å². The fraction of sp³-hybridized carbons (Fsp3) is 0.667. The molecule has 0 fully saturated rings. The van der Waals surface area contributed by atoms with Crippen molar-refractivity contribution < 1.29 is 46.4 Å². The number of hydrogen-bond acceptors (Lipinski definition) is 8. The third-order valence-corrected chi connectivity index (χ3v) is 7.96. The maximum Gasteiger partial charge on any atom is 0.416 e. The Morgan fingerprint density at radius 2 is 1.02 bits per heavy atom. The first kappa shape index (κ1) is 43.5. The molecule has 2 aromatic rings. The summed E-state index contributed by atoms with van der Waals surface area (Å²) in [4.78, 5) is 12.6. The number of anilines is 2. The zero-order valence-electron chi connectivity index (χ0n) is 30.1. The van der Waals surface area contributed by atoms with Gasteiger partial charge in [-0.15, -0.1) is 0 Å². The number of rotatable bonds is 32. The van der Waals surface area contributed by atoms with Crippen molar-refractivity contribution in [2.24, 2.45) is 0 Å². The van der Waals surface area contributed by atoms with Crippen LogP contribution in [0.5, 0.6) is 0 Å². The Morgan fingerprint density at radius 3 is 1.54 bits per heavy atom. The second-order valence-corrected chi connectivity index (χ2v) is 12.2. The third kappa shape index (κ3) is 22.2. The first-order valence-electron chi connectivity index (χ1n) is 18.5. The maximum atomic E-state index is 13.0. The van der Waals surface area contributed by atoms with E-state index in [-0.39, 0.29) is 24.5 Å². The monoisotopic (exact) mass is 711 g/mol. The lowest BCUT2D eigenvalue weighted by Gasteiger charge is -2.13. The predicted octanol–water partition coefficient (Wildman–Crippen LogP) is 9.78. The minimum Gasteiger partial charge on any atom is -0.460 e. The molecule has 8 nitrogen and oxygen atoms in total. The molecule has 0 aromatic heterocycles. The number of hydrogen-bond donors (Lipinski definition) is 1. The fourth-order valence-corrected chi connectivity index (χ4v) is 5.17. The Bertz CT molecular complexity index is 1120. The second-order valence-electron chi connectivity index (χ2n) is 12.2. The van der Waals surface area contributed by atoms with Gasteiger partial charge in [-0.3, -0.25) is 0 Å². The van der Waals surface area contributed by atoms with Crippen molar-refractivity contribution in [3.05, 3.63) is 59.7 Å². The Morgan fingerprint density at radius 1 is 0.560 bits per heavy atom. The topological polar surface area (TPSA) is 84.5 Å². The van der Waals surface area contributed by atoms with E-state index in [9.17, 15) is 18.0 Å². The average molecular weight is 712 g/mol.